The maximum atomic E-state index is 12.9. The number of amides is 2. The van der Waals surface area contributed by atoms with E-state index in [1.54, 1.807) is 24.3 Å². The summed E-state index contributed by atoms with van der Waals surface area (Å²) < 4.78 is 0. The molecule has 2 N–H and O–H groups in total. The van der Waals surface area contributed by atoms with E-state index in [1.165, 1.54) is 18.2 Å². The van der Waals surface area contributed by atoms with Crippen LogP contribution in [0, 0.1) is 17.0 Å². The molecular weight excluding hydrogens is 382 g/mol. The van der Waals surface area contributed by atoms with Crippen molar-refractivity contribution in [3.05, 3.63) is 81.0 Å². The highest BCUT2D eigenvalue weighted by molar-refractivity contribution is 6.05. The molecule has 3 rings (SSSR count). The van der Waals surface area contributed by atoms with Gasteiger partial charge in [0.05, 0.1) is 4.92 Å². The normalized spacial score (nSPS) is 14.8. The Bertz CT molecular complexity index is 961. The van der Waals surface area contributed by atoms with Gasteiger partial charge in [0, 0.05) is 23.7 Å². The van der Waals surface area contributed by atoms with Crippen molar-refractivity contribution in [1.82, 2.24) is 10.6 Å². The smallest absolute Gasteiger partial charge is 0.270 e. The molecule has 0 unspecified atom stereocenters. The Morgan fingerprint density at radius 2 is 1.77 bits per heavy atom. The second kappa shape index (κ2) is 9.82. The first kappa shape index (κ1) is 21.2. The van der Waals surface area contributed by atoms with Gasteiger partial charge in [-0.25, -0.2) is 0 Å². The molecule has 0 heterocycles. The van der Waals surface area contributed by atoms with Crippen LogP contribution in [0.5, 0.6) is 0 Å². The zero-order valence-electron chi connectivity index (χ0n) is 16.9. The summed E-state index contributed by atoms with van der Waals surface area (Å²) in [5, 5.41) is 16.7. The van der Waals surface area contributed by atoms with Gasteiger partial charge in [-0.1, -0.05) is 49.1 Å². The van der Waals surface area contributed by atoms with Crippen LogP contribution >= 0.6 is 0 Å². The number of aryl methyl sites for hydroxylation is 1. The van der Waals surface area contributed by atoms with Crippen LogP contribution in [0.4, 0.5) is 5.69 Å². The summed E-state index contributed by atoms with van der Waals surface area (Å²) in [5.41, 5.74) is 1.89. The van der Waals surface area contributed by atoms with Crippen LogP contribution in [-0.4, -0.2) is 22.8 Å². The van der Waals surface area contributed by atoms with Crippen LogP contribution in [0.2, 0.25) is 0 Å². The number of hydrogen-bond acceptors (Lipinski definition) is 4. The van der Waals surface area contributed by atoms with E-state index in [1.807, 2.05) is 19.1 Å². The van der Waals surface area contributed by atoms with Crippen molar-refractivity contribution >= 4 is 23.6 Å². The Balaban J connectivity index is 1.86. The van der Waals surface area contributed by atoms with Crippen LogP contribution in [0.15, 0.2) is 54.2 Å². The molecule has 156 valence electrons. The number of nitro benzene ring substituents is 1. The predicted octanol–water partition coefficient (Wildman–Crippen LogP) is 4.12. The molecular formula is C23H25N3O4. The molecule has 2 amide bonds. The van der Waals surface area contributed by atoms with Gasteiger partial charge in [0.1, 0.15) is 5.70 Å². The monoisotopic (exact) mass is 407 g/mol. The lowest BCUT2D eigenvalue weighted by atomic mass is 9.95. The fraction of sp³-hybridized carbons (Fsp3) is 0.304. The summed E-state index contributed by atoms with van der Waals surface area (Å²) in [6.07, 6.45) is 6.56. The Labute approximate surface area is 175 Å². The highest BCUT2D eigenvalue weighted by Gasteiger charge is 2.20. The van der Waals surface area contributed by atoms with Gasteiger partial charge in [-0.2, -0.15) is 0 Å². The van der Waals surface area contributed by atoms with Gasteiger partial charge in [0.25, 0.3) is 17.5 Å². The number of benzene rings is 2. The lowest BCUT2D eigenvalue weighted by Crippen LogP contribution is -2.41. The van der Waals surface area contributed by atoms with Gasteiger partial charge in [-0.3, -0.25) is 19.7 Å². The van der Waals surface area contributed by atoms with E-state index in [0.717, 1.165) is 37.7 Å². The first-order valence-corrected chi connectivity index (χ1v) is 10.1. The standard InChI is InChI=1S/C23H25N3O4/c1-16-10-12-18(13-11-16)22(27)25-21(23(28)24-19-7-3-2-4-8-19)15-17-6-5-9-20(14-17)26(29)30/h5-6,9-15,19H,2-4,7-8H2,1H3,(H,24,28)(H,25,27)/b21-15-. The minimum Gasteiger partial charge on any atom is -0.348 e. The fourth-order valence-electron chi connectivity index (χ4n) is 3.46. The maximum absolute atomic E-state index is 12.9. The van der Waals surface area contributed by atoms with Crippen molar-refractivity contribution in [2.24, 2.45) is 0 Å². The minimum atomic E-state index is -0.496. The molecule has 1 aliphatic rings. The SMILES string of the molecule is Cc1ccc(C(=O)N/C(=C\c2cccc([N+](=O)[O-])c2)C(=O)NC2CCCCC2)cc1. The molecule has 2 aromatic carbocycles. The highest BCUT2D eigenvalue weighted by atomic mass is 16.6. The van der Waals surface area contributed by atoms with Crippen molar-refractivity contribution < 1.29 is 14.5 Å². The second-order valence-corrected chi connectivity index (χ2v) is 7.54. The molecule has 0 spiro atoms. The third-order valence-electron chi connectivity index (χ3n) is 5.14. The molecule has 0 aliphatic heterocycles. The van der Waals surface area contributed by atoms with Crippen LogP contribution in [0.1, 0.15) is 53.6 Å². The molecule has 1 aliphatic carbocycles. The number of rotatable bonds is 6. The van der Waals surface area contributed by atoms with Crippen LogP contribution in [0.3, 0.4) is 0 Å². The average molecular weight is 407 g/mol. The summed E-state index contributed by atoms with van der Waals surface area (Å²) in [6, 6.07) is 13.0. The number of nitro groups is 1. The summed E-state index contributed by atoms with van der Waals surface area (Å²) >= 11 is 0. The first-order valence-electron chi connectivity index (χ1n) is 10.1. The van der Waals surface area contributed by atoms with Gasteiger partial charge in [0.15, 0.2) is 0 Å². The Hall–Kier alpha value is -3.48. The zero-order chi connectivity index (χ0) is 21.5. The van der Waals surface area contributed by atoms with Crippen molar-refractivity contribution in [1.29, 1.82) is 0 Å². The number of nitrogens with zero attached hydrogens (tertiary/aromatic N) is 1. The quantitative estimate of drug-likeness (QED) is 0.427. The Kier molecular flexibility index (Phi) is 6.95. The summed E-state index contributed by atoms with van der Waals surface area (Å²) in [4.78, 5) is 36.2. The number of non-ortho nitro benzene ring substituents is 1. The molecule has 0 saturated heterocycles. The Morgan fingerprint density at radius 3 is 2.43 bits per heavy atom. The first-order chi connectivity index (χ1) is 14.4. The molecule has 1 fully saturated rings. The van der Waals surface area contributed by atoms with Crippen LogP contribution in [0.25, 0.3) is 6.08 Å². The topological polar surface area (TPSA) is 101 Å². The van der Waals surface area contributed by atoms with Gasteiger partial charge in [-0.15, -0.1) is 0 Å². The number of nitrogens with one attached hydrogen (secondary N) is 2. The molecule has 7 nitrogen and oxygen atoms in total. The van der Waals surface area contributed by atoms with E-state index in [0.29, 0.717) is 11.1 Å². The van der Waals surface area contributed by atoms with E-state index in [2.05, 4.69) is 10.6 Å². The highest BCUT2D eigenvalue weighted by Crippen LogP contribution is 2.19. The van der Waals surface area contributed by atoms with Crippen molar-refractivity contribution in [3.8, 4) is 0 Å². The largest absolute Gasteiger partial charge is 0.348 e. The van der Waals surface area contributed by atoms with Gasteiger partial charge in [0.2, 0.25) is 0 Å². The molecule has 0 atom stereocenters. The third kappa shape index (κ3) is 5.76. The van der Waals surface area contributed by atoms with E-state index >= 15 is 0 Å². The lowest BCUT2D eigenvalue weighted by Gasteiger charge is -2.23. The molecule has 0 bridgehead atoms. The zero-order valence-corrected chi connectivity index (χ0v) is 16.9. The van der Waals surface area contributed by atoms with Crippen molar-refractivity contribution in [2.45, 2.75) is 45.1 Å². The number of carbonyl (C=O) groups is 2. The summed E-state index contributed by atoms with van der Waals surface area (Å²) in [5.74, 6) is -0.806. The van der Waals surface area contributed by atoms with E-state index in [4.69, 9.17) is 0 Å². The third-order valence-corrected chi connectivity index (χ3v) is 5.14. The fourth-order valence-corrected chi connectivity index (χ4v) is 3.46. The number of hydrogen-bond donors (Lipinski definition) is 2. The van der Waals surface area contributed by atoms with Gasteiger partial charge in [-0.05, 0) is 43.5 Å². The minimum absolute atomic E-state index is 0.0617. The molecule has 0 radical (unpaired) electrons. The maximum Gasteiger partial charge on any atom is 0.270 e. The van der Waals surface area contributed by atoms with E-state index < -0.39 is 16.7 Å². The molecule has 30 heavy (non-hydrogen) atoms. The van der Waals surface area contributed by atoms with E-state index in [-0.39, 0.29) is 17.4 Å². The Morgan fingerprint density at radius 1 is 1.07 bits per heavy atom. The molecule has 2 aromatic rings. The molecule has 7 heteroatoms. The van der Waals surface area contributed by atoms with Crippen molar-refractivity contribution in [3.63, 3.8) is 0 Å². The second-order valence-electron chi connectivity index (χ2n) is 7.54. The summed E-state index contributed by atoms with van der Waals surface area (Å²) in [7, 11) is 0. The lowest BCUT2D eigenvalue weighted by molar-refractivity contribution is -0.384. The number of carbonyl (C=O) groups excluding carboxylic acids is 2. The van der Waals surface area contributed by atoms with Crippen LogP contribution < -0.4 is 10.6 Å². The molecule has 1 saturated carbocycles. The summed E-state index contributed by atoms with van der Waals surface area (Å²) in [6.45, 7) is 1.92. The van der Waals surface area contributed by atoms with Crippen molar-refractivity contribution in [2.75, 3.05) is 0 Å². The average Bonchev–Trinajstić information content (AvgIpc) is 2.74. The van der Waals surface area contributed by atoms with Gasteiger partial charge < -0.3 is 10.6 Å². The van der Waals surface area contributed by atoms with Gasteiger partial charge >= 0.3 is 0 Å². The molecule has 0 aromatic heterocycles. The van der Waals surface area contributed by atoms with E-state index in [9.17, 15) is 19.7 Å². The predicted molar refractivity (Wildman–Crippen MR) is 115 cm³/mol. The van der Waals surface area contributed by atoms with Crippen LogP contribution in [-0.2, 0) is 4.79 Å².